The van der Waals surface area contributed by atoms with Crippen molar-refractivity contribution in [3.63, 3.8) is 0 Å². The summed E-state index contributed by atoms with van der Waals surface area (Å²) in [6.45, 7) is 1.57. The van der Waals surface area contributed by atoms with Gasteiger partial charge in [-0.2, -0.15) is 5.10 Å². The minimum atomic E-state index is -0.115. The maximum Gasteiger partial charge on any atom is 0.274 e. The van der Waals surface area contributed by atoms with Crippen molar-refractivity contribution >= 4 is 27.2 Å². The molecule has 24 heavy (non-hydrogen) atoms. The Hall–Kier alpha value is -2.32. The van der Waals surface area contributed by atoms with Crippen molar-refractivity contribution < 1.29 is 4.74 Å². The van der Waals surface area contributed by atoms with Gasteiger partial charge in [-0.05, 0) is 18.9 Å². The molecule has 3 aromatic rings. The van der Waals surface area contributed by atoms with E-state index in [-0.39, 0.29) is 11.7 Å². The van der Waals surface area contributed by atoms with E-state index >= 15 is 0 Å². The summed E-state index contributed by atoms with van der Waals surface area (Å²) in [6, 6.07) is 7.44. The molecule has 1 atom stereocenters. The van der Waals surface area contributed by atoms with Crippen LogP contribution in [0.5, 0.6) is 0 Å². The molecule has 1 unspecified atom stereocenters. The molecule has 8 heteroatoms. The summed E-state index contributed by atoms with van der Waals surface area (Å²) in [5.74, 6) is 0. The molecule has 0 bridgehead atoms. The highest BCUT2D eigenvalue weighted by Gasteiger charge is 2.17. The van der Waals surface area contributed by atoms with Gasteiger partial charge in [-0.25, -0.2) is 4.68 Å². The predicted octanol–water partition coefficient (Wildman–Crippen LogP) is 2.04. The molecule has 7 nitrogen and oxygen atoms in total. The van der Waals surface area contributed by atoms with Crippen LogP contribution in [0.4, 0.5) is 5.13 Å². The maximum absolute atomic E-state index is 12.2. The second-order valence-corrected chi connectivity index (χ2v) is 6.73. The second kappa shape index (κ2) is 6.29. The van der Waals surface area contributed by atoms with Crippen molar-refractivity contribution in [2.45, 2.75) is 18.9 Å². The lowest BCUT2D eigenvalue weighted by Gasteiger charge is -2.08. The highest BCUT2D eigenvalue weighted by molar-refractivity contribution is 7.18. The molecule has 1 aliphatic rings. The van der Waals surface area contributed by atoms with Crippen LogP contribution in [0.1, 0.15) is 12.8 Å². The summed E-state index contributed by atoms with van der Waals surface area (Å²) >= 11 is 1.43. The van der Waals surface area contributed by atoms with Crippen molar-refractivity contribution in [3.8, 4) is 10.7 Å². The van der Waals surface area contributed by atoms with Crippen molar-refractivity contribution in [2.24, 2.45) is 7.05 Å². The van der Waals surface area contributed by atoms with Gasteiger partial charge in [0.05, 0.1) is 11.5 Å². The van der Waals surface area contributed by atoms with Gasteiger partial charge >= 0.3 is 0 Å². The molecule has 0 saturated carbocycles. The van der Waals surface area contributed by atoms with Gasteiger partial charge in [-0.3, -0.25) is 4.79 Å². The molecular weight excluding hydrogens is 326 g/mol. The third-order valence-corrected chi connectivity index (χ3v) is 4.98. The summed E-state index contributed by atoms with van der Waals surface area (Å²) in [5.41, 5.74) is 0.561. The quantitative estimate of drug-likeness (QED) is 0.781. The van der Waals surface area contributed by atoms with Crippen molar-refractivity contribution in [3.05, 3.63) is 34.6 Å². The molecule has 1 fully saturated rings. The van der Waals surface area contributed by atoms with Crippen LogP contribution in [0.2, 0.25) is 0 Å². The lowest BCUT2D eigenvalue weighted by molar-refractivity contribution is 0.120. The van der Waals surface area contributed by atoms with E-state index in [0.29, 0.717) is 16.1 Å². The Morgan fingerprint density at radius 3 is 2.96 bits per heavy atom. The zero-order chi connectivity index (χ0) is 16.5. The summed E-state index contributed by atoms with van der Waals surface area (Å²) in [4.78, 5) is 12.2. The van der Waals surface area contributed by atoms with Crippen molar-refractivity contribution in [2.75, 3.05) is 18.5 Å². The van der Waals surface area contributed by atoms with E-state index in [4.69, 9.17) is 4.74 Å². The first-order valence-corrected chi connectivity index (χ1v) is 8.69. The fourth-order valence-corrected chi connectivity index (χ4v) is 3.60. The van der Waals surface area contributed by atoms with Crippen LogP contribution in [-0.2, 0) is 11.8 Å². The van der Waals surface area contributed by atoms with Gasteiger partial charge in [0.2, 0.25) is 5.13 Å². The minimum Gasteiger partial charge on any atom is -0.376 e. The fraction of sp³-hybridized carbons (Fsp3) is 0.375. The molecule has 0 amide bonds. The number of nitrogens with zero attached hydrogens (tertiary/aromatic N) is 4. The summed E-state index contributed by atoms with van der Waals surface area (Å²) < 4.78 is 6.94. The number of benzene rings is 1. The topological polar surface area (TPSA) is 81.9 Å². The molecule has 1 aromatic carbocycles. The number of fused-ring (bicyclic) bond motifs is 1. The van der Waals surface area contributed by atoms with E-state index in [0.717, 1.165) is 36.5 Å². The number of rotatable bonds is 4. The second-order valence-electron chi connectivity index (χ2n) is 5.75. The van der Waals surface area contributed by atoms with Gasteiger partial charge in [0.15, 0.2) is 5.01 Å². The molecule has 1 saturated heterocycles. The van der Waals surface area contributed by atoms with Crippen LogP contribution in [-0.4, -0.2) is 39.2 Å². The fourth-order valence-electron chi connectivity index (χ4n) is 2.85. The van der Waals surface area contributed by atoms with Crippen LogP contribution in [0.25, 0.3) is 21.5 Å². The van der Waals surface area contributed by atoms with E-state index in [1.807, 2.05) is 18.2 Å². The number of anilines is 1. The number of aryl methyl sites for hydroxylation is 1. The first-order chi connectivity index (χ1) is 11.7. The molecule has 2 aromatic heterocycles. The molecule has 0 radical (unpaired) electrons. The number of ether oxygens (including phenoxy) is 1. The summed E-state index contributed by atoms with van der Waals surface area (Å²) in [7, 11) is 1.65. The predicted molar refractivity (Wildman–Crippen MR) is 93.4 cm³/mol. The van der Waals surface area contributed by atoms with E-state index in [9.17, 15) is 4.79 Å². The van der Waals surface area contributed by atoms with Crippen LogP contribution in [0.15, 0.2) is 29.1 Å². The normalized spacial score (nSPS) is 17.5. The van der Waals surface area contributed by atoms with E-state index in [1.165, 1.54) is 16.0 Å². The number of nitrogens with one attached hydrogen (secondary N) is 1. The summed E-state index contributed by atoms with van der Waals surface area (Å²) in [5, 5.41) is 18.9. The van der Waals surface area contributed by atoms with Gasteiger partial charge in [0, 0.05) is 25.6 Å². The van der Waals surface area contributed by atoms with Crippen LogP contribution in [0.3, 0.4) is 0 Å². The number of hydrogen-bond donors (Lipinski definition) is 1. The Morgan fingerprint density at radius 2 is 2.17 bits per heavy atom. The van der Waals surface area contributed by atoms with Gasteiger partial charge in [-0.15, -0.1) is 10.2 Å². The van der Waals surface area contributed by atoms with Gasteiger partial charge in [0.1, 0.15) is 5.69 Å². The Morgan fingerprint density at radius 1 is 1.33 bits per heavy atom. The molecule has 3 heterocycles. The molecule has 1 N–H and O–H groups in total. The van der Waals surface area contributed by atoms with Crippen molar-refractivity contribution in [1.82, 2.24) is 20.0 Å². The zero-order valence-electron chi connectivity index (χ0n) is 13.2. The smallest absolute Gasteiger partial charge is 0.274 e. The minimum absolute atomic E-state index is 0.115. The standard InChI is InChI=1S/C16H17N5O2S/c1-21-15(22)12-7-3-2-6-11(12)13(20-21)14-18-19-16(24-14)17-9-10-5-4-8-23-10/h2-3,6-7,10H,4-5,8-9H2,1H3,(H,17,19). The number of aromatic nitrogens is 4. The molecule has 0 aliphatic carbocycles. The molecule has 1 aliphatic heterocycles. The average molecular weight is 343 g/mol. The van der Waals surface area contributed by atoms with E-state index in [2.05, 4.69) is 20.6 Å². The first-order valence-electron chi connectivity index (χ1n) is 7.88. The zero-order valence-corrected chi connectivity index (χ0v) is 14.0. The molecular formula is C16H17N5O2S. The highest BCUT2D eigenvalue weighted by atomic mass is 32.1. The SMILES string of the molecule is Cn1nc(-c2nnc(NCC3CCCO3)s2)c2ccccc2c1=O. The Labute approximate surface area is 142 Å². The Balaban J connectivity index is 1.65. The Bertz CT molecular complexity index is 930. The lowest BCUT2D eigenvalue weighted by atomic mass is 10.1. The van der Waals surface area contributed by atoms with E-state index < -0.39 is 0 Å². The number of hydrogen-bond acceptors (Lipinski definition) is 7. The van der Waals surface area contributed by atoms with Crippen LogP contribution < -0.4 is 10.9 Å². The monoisotopic (exact) mass is 343 g/mol. The average Bonchev–Trinajstić information content (AvgIpc) is 3.28. The largest absolute Gasteiger partial charge is 0.376 e. The third-order valence-electron chi connectivity index (χ3n) is 4.09. The van der Waals surface area contributed by atoms with Gasteiger partial charge in [-0.1, -0.05) is 29.5 Å². The molecule has 0 spiro atoms. The van der Waals surface area contributed by atoms with E-state index in [1.54, 1.807) is 13.1 Å². The van der Waals surface area contributed by atoms with Crippen LogP contribution in [0, 0.1) is 0 Å². The lowest BCUT2D eigenvalue weighted by Crippen LogP contribution is -2.20. The molecule has 124 valence electrons. The summed E-state index contributed by atoms with van der Waals surface area (Å²) in [6.07, 6.45) is 2.43. The molecule has 4 rings (SSSR count). The highest BCUT2D eigenvalue weighted by Crippen LogP contribution is 2.29. The Kier molecular flexibility index (Phi) is 3.99. The van der Waals surface area contributed by atoms with Crippen molar-refractivity contribution in [1.29, 1.82) is 0 Å². The third kappa shape index (κ3) is 2.78. The van der Waals surface area contributed by atoms with Gasteiger partial charge in [0.25, 0.3) is 5.56 Å². The first kappa shape index (κ1) is 15.2. The van der Waals surface area contributed by atoms with Gasteiger partial charge < -0.3 is 10.1 Å². The van der Waals surface area contributed by atoms with Crippen LogP contribution >= 0.6 is 11.3 Å². The maximum atomic E-state index is 12.2.